The lowest BCUT2D eigenvalue weighted by Crippen LogP contribution is -2.16. The number of benzene rings is 1. The second-order valence-corrected chi connectivity index (χ2v) is 4.62. The van der Waals surface area contributed by atoms with Gasteiger partial charge in [0, 0.05) is 22.2 Å². The molecule has 0 aromatic heterocycles. The van der Waals surface area contributed by atoms with Gasteiger partial charge in [-0.25, -0.2) is 0 Å². The highest BCUT2D eigenvalue weighted by molar-refractivity contribution is 6.37. The van der Waals surface area contributed by atoms with Gasteiger partial charge in [-0.15, -0.1) is 0 Å². The van der Waals surface area contributed by atoms with Crippen LogP contribution in [0.1, 0.15) is 25.8 Å². The van der Waals surface area contributed by atoms with Gasteiger partial charge >= 0.3 is 0 Å². The van der Waals surface area contributed by atoms with Crippen molar-refractivity contribution in [1.82, 2.24) is 5.32 Å². The molecule has 0 radical (unpaired) electrons. The Bertz CT molecular complexity index is 352. The summed E-state index contributed by atoms with van der Waals surface area (Å²) in [6.07, 6.45) is 3.17. The third-order valence-electron chi connectivity index (χ3n) is 2.22. The molecule has 0 aliphatic heterocycles. The van der Waals surface area contributed by atoms with Crippen LogP contribution in [0.25, 0.3) is 6.08 Å². The molecule has 0 spiro atoms. The normalized spacial score (nSPS) is 11.9. The summed E-state index contributed by atoms with van der Waals surface area (Å²) in [6, 6.07) is 5.56. The Balaban J connectivity index is 2.73. The summed E-state index contributed by atoms with van der Waals surface area (Å²) >= 11 is 12.2. The average molecular weight is 258 g/mol. The van der Waals surface area contributed by atoms with Gasteiger partial charge < -0.3 is 5.32 Å². The third-order valence-corrected chi connectivity index (χ3v) is 2.88. The van der Waals surface area contributed by atoms with Crippen LogP contribution in [0.2, 0.25) is 10.0 Å². The predicted molar refractivity (Wildman–Crippen MR) is 73.3 cm³/mol. The van der Waals surface area contributed by atoms with E-state index in [1.54, 1.807) is 0 Å². The first-order valence-corrected chi connectivity index (χ1v) is 6.22. The highest BCUT2D eigenvalue weighted by atomic mass is 35.5. The molecule has 0 bridgehead atoms. The lowest BCUT2D eigenvalue weighted by molar-refractivity contribution is 0.715. The summed E-state index contributed by atoms with van der Waals surface area (Å²) in [6.45, 7) is 6.12. The Morgan fingerprint density at radius 2 is 1.94 bits per heavy atom. The molecule has 0 fully saturated rings. The van der Waals surface area contributed by atoms with Crippen LogP contribution < -0.4 is 5.32 Å². The molecule has 0 saturated carbocycles. The van der Waals surface area contributed by atoms with Gasteiger partial charge in [0.05, 0.1) is 0 Å². The van der Waals surface area contributed by atoms with Gasteiger partial charge in [0.1, 0.15) is 0 Å². The first kappa shape index (κ1) is 13.6. The zero-order valence-electron chi connectivity index (χ0n) is 9.69. The quantitative estimate of drug-likeness (QED) is 0.772. The van der Waals surface area contributed by atoms with Gasteiger partial charge in [0.15, 0.2) is 0 Å². The van der Waals surface area contributed by atoms with Crippen LogP contribution in [-0.4, -0.2) is 13.1 Å². The molecule has 0 amide bonds. The molecular formula is C13H17Cl2N. The molecule has 0 aliphatic rings. The summed E-state index contributed by atoms with van der Waals surface area (Å²) in [5.74, 6) is 0. The average Bonchev–Trinajstić information content (AvgIpc) is 2.24. The maximum Gasteiger partial charge on any atom is 0.0493 e. The van der Waals surface area contributed by atoms with E-state index in [1.807, 2.05) is 24.3 Å². The summed E-state index contributed by atoms with van der Waals surface area (Å²) in [5.41, 5.74) is 2.13. The smallest absolute Gasteiger partial charge is 0.0493 e. The van der Waals surface area contributed by atoms with Gasteiger partial charge in [0.2, 0.25) is 0 Å². The minimum absolute atomic E-state index is 0.697. The van der Waals surface area contributed by atoms with Gasteiger partial charge in [-0.1, -0.05) is 47.8 Å². The third kappa shape index (κ3) is 4.17. The highest BCUT2D eigenvalue weighted by Gasteiger charge is 2.02. The monoisotopic (exact) mass is 257 g/mol. The van der Waals surface area contributed by atoms with Crippen molar-refractivity contribution in [3.05, 3.63) is 39.4 Å². The molecule has 1 rings (SSSR count). The van der Waals surface area contributed by atoms with E-state index in [0.29, 0.717) is 10.0 Å². The molecule has 1 aromatic rings. The molecule has 16 heavy (non-hydrogen) atoms. The fourth-order valence-corrected chi connectivity index (χ4v) is 1.91. The summed E-state index contributed by atoms with van der Waals surface area (Å²) in [5, 5.41) is 4.73. The Kier molecular flexibility index (Phi) is 5.89. The molecule has 0 unspecified atom stereocenters. The Morgan fingerprint density at radius 3 is 2.50 bits per heavy atom. The van der Waals surface area contributed by atoms with Crippen molar-refractivity contribution in [2.75, 3.05) is 13.1 Å². The minimum atomic E-state index is 0.697. The van der Waals surface area contributed by atoms with Crippen LogP contribution >= 0.6 is 23.2 Å². The molecule has 3 heteroatoms. The zero-order chi connectivity index (χ0) is 12.0. The molecule has 1 nitrogen and oxygen atoms in total. The van der Waals surface area contributed by atoms with Crippen LogP contribution in [0.4, 0.5) is 0 Å². The first-order valence-electron chi connectivity index (χ1n) is 5.47. The standard InChI is InChI=1S/C13H17Cl2N/c1-3-7-16-9-10(2)8-11-12(14)5-4-6-13(11)15/h4-6,8,16H,3,7,9H2,1-2H3. The van der Waals surface area contributed by atoms with Gasteiger partial charge in [0.25, 0.3) is 0 Å². The van der Waals surface area contributed by atoms with Crippen LogP contribution in [0, 0.1) is 0 Å². The number of hydrogen-bond donors (Lipinski definition) is 1. The molecule has 0 atom stereocenters. The maximum atomic E-state index is 6.09. The van der Waals surface area contributed by atoms with E-state index in [2.05, 4.69) is 19.2 Å². The molecule has 88 valence electrons. The minimum Gasteiger partial charge on any atom is -0.313 e. The molecular weight excluding hydrogens is 241 g/mol. The van der Waals surface area contributed by atoms with Crippen LogP contribution in [-0.2, 0) is 0 Å². The first-order chi connectivity index (χ1) is 7.65. The van der Waals surface area contributed by atoms with E-state index in [4.69, 9.17) is 23.2 Å². The molecule has 1 N–H and O–H groups in total. The van der Waals surface area contributed by atoms with Crippen LogP contribution in [0.15, 0.2) is 23.8 Å². The highest BCUT2D eigenvalue weighted by Crippen LogP contribution is 2.26. The van der Waals surface area contributed by atoms with Gasteiger partial charge in [-0.2, -0.15) is 0 Å². The fraction of sp³-hybridized carbons (Fsp3) is 0.385. The second-order valence-electron chi connectivity index (χ2n) is 3.80. The van der Waals surface area contributed by atoms with Crippen LogP contribution in [0.3, 0.4) is 0 Å². The van der Waals surface area contributed by atoms with E-state index in [0.717, 1.165) is 25.1 Å². The summed E-state index contributed by atoms with van der Waals surface area (Å²) in [4.78, 5) is 0. The van der Waals surface area contributed by atoms with Crippen molar-refractivity contribution in [2.45, 2.75) is 20.3 Å². The van der Waals surface area contributed by atoms with E-state index in [-0.39, 0.29) is 0 Å². The fourth-order valence-electron chi connectivity index (χ4n) is 1.41. The Hall–Kier alpha value is -0.500. The van der Waals surface area contributed by atoms with Crippen molar-refractivity contribution in [2.24, 2.45) is 0 Å². The molecule has 0 heterocycles. The lowest BCUT2D eigenvalue weighted by Gasteiger charge is -2.06. The van der Waals surface area contributed by atoms with Gasteiger partial charge in [-0.3, -0.25) is 0 Å². The van der Waals surface area contributed by atoms with E-state index in [9.17, 15) is 0 Å². The van der Waals surface area contributed by atoms with E-state index >= 15 is 0 Å². The Morgan fingerprint density at radius 1 is 1.31 bits per heavy atom. The second kappa shape index (κ2) is 6.95. The maximum absolute atomic E-state index is 6.09. The van der Waals surface area contributed by atoms with Crippen molar-refractivity contribution in [3.63, 3.8) is 0 Å². The number of nitrogens with one attached hydrogen (secondary N) is 1. The SMILES string of the molecule is CCCNCC(C)=Cc1c(Cl)cccc1Cl. The zero-order valence-corrected chi connectivity index (χ0v) is 11.2. The molecule has 0 aliphatic carbocycles. The van der Waals surface area contributed by atoms with Crippen molar-refractivity contribution >= 4 is 29.3 Å². The molecule has 1 aromatic carbocycles. The number of halogens is 2. The van der Waals surface area contributed by atoms with Crippen molar-refractivity contribution in [1.29, 1.82) is 0 Å². The predicted octanol–water partition coefficient (Wildman–Crippen LogP) is 4.40. The number of hydrogen-bond acceptors (Lipinski definition) is 1. The van der Waals surface area contributed by atoms with Crippen molar-refractivity contribution < 1.29 is 0 Å². The van der Waals surface area contributed by atoms with Gasteiger partial charge in [-0.05, 0) is 32.0 Å². The Labute approximate surface area is 107 Å². The summed E-state index contributed by atoms with van der Waals surface area (Å²) in [7, 11) is 0. The van der Waals surface area contributed by atoms with Crippen molar-refractivity contribution in [3.8, 4) is 0 Å². The topological polar surface area (TPSA) is 12.0 Å². The summed E-state index contributed by atoms with van der Waals surface area (Å²) < 4.78 is 0. The van der Waals surface area contributed by atoms with Crippen LogP contribution in [0.5, 0.6) is 0 Å². The lowest BCUT2D eigenvalue weighted by atomic mass is 10.1. The number of rotatable bonds is 5. The van der Waals surface area contributed by atoms with E-state index < -0.39 is 0 Å². The van der Waals surface area contributed by atoms with E-state index in [1.165, 1.54) is 5.57 Å². The molecule has 0 saturated heterocycles. The largest absolute Gasteiger partial charge is 0.313 e.